The molecule has 1 aliphatic heterocycles. The average Bonchev–Trinajstić information content (AvgIpc) is 3.22. The number of rotatable bonds is 5. The quantitative estimate of drug-likeness (QED) is 0.884. The molecule has 23 heavy (non-hydrogen) atoms. The molecule has 3 rings (SSSR count). The van der Waals surface area contributed by atoms with Gasteiger partial charge in [0, 0.05) is 19.5 Å². The Kier molecular flexibility index (Phi) is 4.95. The molecule has 0 saturated carbocycles. The zero-order chi connectivity index (χ0) is 16.2. The summed E-state index contributed by atoms with van der Waals surface area (Å²) in [5.74, 6) is 2.04. The minimum absolute atomic E-state index is 0.0481. The van der Waals surface area contributed by atoms with Gasteiger partial charge >= 0.3 is 6.03 Å². The van der Waals surface area contributed by atoms with Crippen LogP contribution in [0.3, 0.4) is 0 Å². The first-order valence-corrected chi connectivity index (χ1v) is 9.11. The van der Waals surface area contributed by atoms with Gasteiger partial charge in [-0.25, -0.2) is 14.5 Å². The van der Waals surface area contributed by atoms with Crippen LogP contribution in [-0.2, 0) is 13.0 Å². The van der Waals surface area contributed by atoms with Crippen molar-refractivity contribution in [2.24, 2.45) is 0 Å². The van der Waals surface area contributed by atoms with Crippen molar-refractivity contribution in [2.45, 2.75) is 51.6 Å². The van der Waals surface area contributed by atoms with Gasteiger partial charge in [0.25, 0.3) is 0 Å². The van der Waals surface area contributed by atoms with Crippen LogP contribution in [0.2, 0.25) is 0 Å². The Morgan fingerprint density at radius 2 is 2.43 bits per heavy atom. The normalized spacial score (nSPS) is 18.3. The van der Waals surface area contributed by atoms with E-state index in [0.717, 1.165) is 37.5 Å². The summed E-state index contributed by atoms with van der Waals surface area (Å²) in [5.41, 5.74) is 1.26. The maximum atomic E-state index is 12.2. The molecule has 7 heteroatoms. The van der Waals surface area contributed by atoms with Crippen molar-refractivity contribution < 1.29 is 4.79 Å². The highest BCUT2D eigenvalue weighted by Crippen LogP contribution is 2.23. The highest BCUT2D eigenvalue weighted by Gasteiger charge is 2.25. The number of hydrogen-bond acceptors (Lipinski definition) is 4. The highest BCUT2D eigenvalue weighted by molar-refractivity contribution is 7.07. The third kappa shape index (κ3) is 3.72. The summed E-state index contributed by atoms with van der Waals surface area (Å²) >= 11 is 1.68. The predicted octanol–water partition coefficient (Wildman–Crippen LogP) is 2.84. The van der Waals surface area contributed by atoms with Gasteiger partial charge in [-0.15, -0.1) is 0 Å². The number of aromatic nitrogens is 3. The van der Waals surface area contributed by atoms with Crippen molar-refractivity contribution >= 4 is 17.4 Å². The Morgan fingerprint density at radius 1 is 1.57 bits per heavy atom. The van der Waals surface area contributed by atoms with Crippen LogP contribution < -0.4 is 10.6 Å². The van der Waals surface area contributed by atoms with E-state index in [9.17, 15) is 4.79 Å². The number of fused-ring (bicyclic) bond motifs is 1. The number of urea groups is 1. The molecule has 6 nitrogen and oxygen atoms in total. The second kappa shape index (κ2) is 7.12. The maximum absolute atomic E-state index is 12.2. The smallest absolute Gasteiger partial charge is 0.315 e. The van der Waals surface area contributed by atoms with Gasteiger partial charge in [0.2, 0.25) is 0 Å². The largest absolute Gasteiger partial charge is 0.338 e. The molecule has 0 fully saturated rings. The third-order valence-corrected chi connectivity index (χ3v) is 4.92. The average molecular weight is 333 g/mol. The molecule has 0 spiro atoms. The summed E-state index contributed by atoms with van der Waals surface area (Å²) in [6.45, 7) is 5.68. The van der Waals surface area contributed by atoms with Crippen molar-refractivity contribution in [2.75, 3.05) is 6.54 Å². The van der Waals surface area contributed by atoms with Crippen molar-refractivity contribution in [3.8, 4) is 0 Å². The van der Waals surface area contributed by atoms with E-state index < -0.39 is 0 Å². The topological polar surface area (TPSA) is 71.8 Å². The van der Waals surface area contributed by atoms with Crippen LogP contribution in [0.15, 0.2) is 16.8 Å². The van der Waals surface area contributed by atoms with E-state index >= 15 is 0 Å². The van der Waals surface area contributed by atoms with Crippen molar-refractivity contribution in [3.05, 3.63) is 34.0 Å². The molecule has 2 amide bonds. The van der Waals surface area contributed by atoms with E-state index in [2.05, 4.69) is 44.5 Å². The number of carbonyl (C=O) groups is 1. The van der Waals surface area contributed by atoms with E-state index in [0.29, 0.717) is 12.5 Å². The van der Waals surface area contributed by atoms with Gasteiger partial charge in [-0.2, -0.15) is 16.4 Å². The summed E-state index contributed by atoms with van der Waals surface area (Å²) in [4.78, 5) is 16.7. The number of thiophene rings is 1. The molecule has 1 aliphatic rings. The number of hydrogen-bond donors (Lipinski definition) is 2. The molecule has 0 aliphatic carbocycles. The Bertz CT molecular complexity index is 651. The zero-order valence-corrected chi connectivity index (χ0v) is 14.4. The summed E-state index contributed by atoms with van der Waals surface area (Å²) < 4.78 is 1.93. The van der Waals surface area contributed by atoms with E-state index in [1.807, 2.05) is 11.6 Å². The zero-order valence-electron chi connectivity index (χ0n) is 13.6. The third-order valence-electron chi connectivity index (χ3n) is 4.22. The fourth-order valence-electron chi connectivity index (χ4n) is 2.81. The van der Waals surface area contributed by atoms with E-state index in [1.165, 1.54) is 5.56 Å². The highest BCUT2D eigenvalue weighted by atomic mass is 32.1. The molecule has 0 radical (unpaired) electrons. The van der Waals surface area contributed by atoms with Crippen LogP contribution >= 0.6 is 11.3 Å². The van der Waals surface area contributed by atoms with Crippen LogP contribution in [0.5, 0.6) is 0 Å². The van der Waals surface area contributed by atoms with Gasteiger partial charge in [-0.05, 0) is 41.1 Å². The van der Waals surface area contributed by atoms with Gasteiger partial charge in [-0.3, -0.25) is 0 Å². The van der Waals surface area contributed by atoms with Gasteiger partial charge in [0.05, 0.1) is 6.04 Å². The number of nitrogens with zero attached hydrogens (tertiary/aromatic N) is 3. The number of nitrogens with one attached hydrogen (secondary N) is 2. The minimum atomic E-state index is -0.133. The molecule has 0 unspecified atom stereocenters. The molecule has 124 valence electrons. The van der Waals surface area contributed by atoms with E-state index in [1.54, 1.807) is 11.3 Å². The molecule has 2 N–H and O–H groups in total. The second-order valence-corrected chi connectivity index (χ2v) is 6.75. The van der Waals surface area contributed by atoms with E-state index in [4.69, 9.17) is 0 Å². The fraction of sp³-hybridized carbons (Fsp3) is 0.562. The van der Waals surface area contributed by atoms with Crippen LogP contribution in [0.4, 0.5) is 4.79 Å². The molecule has 3 heterocycles. The molecule has 0 bridgehead atoms. The van der Waals surface area contributed by atoms with Crippen LogP contribution in [0.1, 0.15) is 55.9 Å². The van der Waals surface area contributed by atoms with Crippen LogP contribution in [0.25, 0.3) is 0 Å². The summed E-state index contributed by atoms with van der Waals surface area (Å²) in [7, 11) is 0. The summed E-state index contributed by atoms with van der Waals surface area (Å²) in [6.07, 6.45) is 2.74. The Balaban J connectivity index is 1.55. The lowest BCUT2D eigenvalue weighted by atomic mass is 10.1. The molecular formula is C16H23N5OS. The van der Waals surface area contributed by atoms with Crippen molar-refractivity contribution in [1.82, 2.24) is 25.4 Å². The van der Waals surface area contributed by atoms with Gasteiger partial charge in [0.1, 0.15) is 5.82 Å². The first-order chi connectivity index (χ1) is 11.2. The Labute approximate surface area is 140 Å². The van der Waals surface area contributed by atoms with E-state index in [-0.39, 0.29) is 12.1 Å². The fourth-order valence-corrected chi connectivity index (χ4v) is 3.60. The van der Waals surface area contributed by atoms with Crippen molar-refractivity contribution in [3.63, 3.8) is 0 Å². The molecule has 2 aromatic rings. The van der Waals surface area contributed by atoms with Crippen molar-refractivity contribution in [1.29, 1.82) is 0 Å². The summed E-state index contributed by atoms with van der Waals surface area (Å²) in [6, 6.07) is 1.92. The lowest BCUT2D eigenvalue weighted by Gasteiger charge is -2.23. The van der Waals surface area contributed by atoms with Crippen LogP contribution in [-0.4, -0.2) is 27.3 Å². The van der Waals surface area contributed by atoms with Gasteiger partial charge in [0.15, 0.2) is 5.82 Å². The Morgan fingerprint density at radius 3 is 3.17 bits per heavy atom. The lowest BCUT2D eigenvalue weighted by molar-refractivity contribution is 0.232. The first-order valence-electron chi connectivity index (χ1n) is 8.17. The molecule has 2 atom stereocenters. The van der Waals surface area contributed by atoms with Gasteiger partial charge < -0.3 is 10.6 Å². The first kappa shape index (κ1) is 16.0. The molecule has 2 aromatic heterocycles. The SMILES string of the molecule is CCc1nc2n(n1)CCC[C@H]2NC(=O)NC[C@@H](C)c1ccsc1. The Hall–Kier alpha value is -1.89. The molecule has 0 aromatic carbocycles. The monoisotopic (exact) mass is 333 g/mol. The number of carbonyl (C=O) groups excluding carboxylic acids is 1. The number of amides is 2. The standard InChI is InChI=1S/C16H23N5OS/c1-3-14-19-15-13(5-4-7-21(15)20-14)18-16(22)17-9-11(2)12-6-8-23-10-12/h6,8,10-11,13H,3-5,7,9H2,1-2H3,(H2,17,18,22)/t11-,13-/m1/s1. The molecule has 0 saturated heterocycles. The van der Waals surface area contributed by atoms with Crippen LogP contribution in [0, 0.1) is 0 Å². The maximum Gasteiger partial charge on any atom is 0.315 e. The number of aryl methyl sites for hydroxylation is 2. The lowest BCUT2D eigenvalue weighted by Crippen LogP contribution is -2.41. The second-order valence-electron chi connectivity index (χ2n) is 5.97. The summed E-state index contributed by atoms with van der Waals surface area (Å²) in [5, 5.41) is 14.7. The van der Waals surface area contributed by atoms with Gasteiger partial charge in [-0.1, -0.05) is 13.8 Å². The molecular weight excluding hydrogens is 310 g/mol. The predicted molar refractivity (Wildman–Crippen MR) is 90.6 cm³/mol. The minimum Gasteiger partial charge on any atom is -0.338 e.